The van der Waals surface area contributed by atoms with Crippen LogP contribution in [-0.2, 0) is 17.8 Å². The van der Waals surface area contributed by atoms with E-state index in [9.17, 15) is 9.90 Å². The van der Waals surface area contributed by atoms with Gasteiger partial charge in [-0.1, -0.05) is 15.9 Å². The molecule has 0 atom stereocenters. The Hall–Kier alpha value is -2.31. The number of aromatic nitrogens is 1. The van der Waals surface area contributed by atoms with Gasteiger partial charge in [0, 0.05) is 38.2 Å². The van der Waals surface area contributed by atoms with Gasteiger partial charge < -0.3 is 14.4 Å². The monoisotopic (exact) mass is 457 g/mol. The molecule has 6 heteroatoms. The third-order valence-corrected chi connectivity index (χ3v) is 6.11. The van der Waals surface area contributed by atoms with Crippen molar-refractivity contribution >= 4 is 54.2 Å². The van der Waals surface area contributed by atoms with Crippen LogP contribution in [0.4, 0.5) is 0 Å². The van der Waals surface area contributed by atoms with Crippen LogP contribution in [0.15, 0.2) is 52.4 Å². The van der Waals surface area contributed by atoms with E-state index >= 15 is 0 Å². The van der Waals surface area contributed by atoms with Gasteiger partial charge in [0.1, 0.15) is 5.75 Å². The second kappa shape index (κ2) is 7.60. The number of halogens is 1. The Morgan fingerprint density at radius 1 is 1.18 bits per heavy atom. The van der Waals surface area contributed by atoms with Crippen molar-refractivity contribution in [3.05, 3.63) is 63.6 Å². The van der Waals surface area contributed by atoms with Crippen molar-refractivity contribution in [2.45, 2.75) is 32.9 Å². The number of carboxylic acids is 1. The van der Waals surface area contributed by atoms with E-state index in [1.807, 2.05) is 44.3 Å². The molecule has 0 aliphatic carbocycles. The smallest absolute Gasteiger partial charge is 0.307 e. The molecule has 2 heterocycles. The zero-order valence-electron chi connectivity index (χ0n) is 15.6. The number of nitrogens with zero attached hydrogens (tertiary/aromatic N) is 1. The summed E-state index contributed by atoms with van der Waals surface area (Å²) in [4.78, 5) is 11.3. The van der Waals surface area contributed by atoms with Crippen LogP contribution in [0.1, 0.15) is 25.0 Å². The molecule has 0 radical (unpaired) electrons. The highest BCUT2D eigenvalue weighted by Gasteiger charge is 2.14. The summed E-state index contributed by atoms with van der Waals surface area (Å²) >= 11 is 5.21. The van der Waals surface area contributed by atoms with Gasteiger partial charge in [0.05, 0.1) is 12.5 Å². The highest BCUT2D eigenvalue weighted by atomic mass is 79.9. The first-order valence-electron chi connectivity index (χ1n) is 9.06. The fourth-order valence-corrected chi connectivity index (χ4v) is 4.79. The molecule has 0 saturated carbocycles. The number of ether oxygens (including phenoxy) is 1. The van der Waals surface area contributed by atoms with Crippen LogP contribution >= 0.6 is 27.3 Å². The largest absolute Gasteiger partial charge is 0.491 e. The van der Waals surface area contributed by atoms with Crippen LogP contribution in [0.25, 0.3) is 21.0 Å². The molecule has 144 valence electrons. The van der Waals surface area contributed by atoms with Gasteiger partial charge in [-0.15, -0.1) is 11.3 Å². The molecule has 4 aromatic rings. The van der Waals surface area contributed by atoms with Crippen molar-refractivity contribution in [3.63, 3.8) is 0 Å². The third-order valence-electron chi connectivity index (χ3n) is 4.60. The summed E-state index contributed by atoms with van der Waals surface area (Å²) < 4.78 is 10.2. The van der Waals surface area contributed by atoms with E-state index in [1.54, 1.807) is 11.3 Å². The fraction of sp³-hybridized carbons (Fsp3) is 0.227. The first kappa shape index (κ1) is 19.0. The normalized spacial score (nSPS) is 11.6. The van der Waals surface area contributed by atoms with Crippen molar-refractivity contribution in [3.8, 4) is 5.75 Å². The minimum Gasteiger partial charge on any atom is -0.491 e. The summed E-state index contributed by atoms with van der Waals surface area (Å²) in [6.45, 7) is 4.72. The van der Waals surface area contributed by atoms with Crippen molar-refractivity contribution in [2.24, 2.45) is 0 Å². The maximum atomic E-state index is 11.3. The summed E-state index contributed by atoms with van der Waals surface area (Å²) in [6, 6.07) is 12.2. The van der Waals surface area contributed by atoms with E-state index in [2.05, 4.69) is 38.0 Å². The van der Waals surface area contributed by atoms with Gasteiger partial charge >= 0.3 is 5.97 Å². The molecule has 0 aliphatic heterocycles. The molecule has 4 rings (SSSR count). The van der Waals surface area contributed by atoms with Gasteiger partial charge in [-0.3, -0.25) is 4.79 Å². The highest BCUT2D eigenvalue weighted by Crippen LogP contribution is 2.32. The van der Waals surface area contributed by atoms with Crippen LogP contribution < -0.4 is 4.74 Å². The molecule has 0 unspecified atom stereocenters. The van der Waals surface area contributed by atoms with Gasteiger partial charge in [0.15, 0.2) is 0 Å². The molecular weight excluding hydrogens is 438 g/mol. The average molecular weight is 458 g/mol. The Morgan fingerprint density at radius 3 is 2.75 bits per heavy atom. The van der Waals surface area contributed by atoms with Crippen molar-refractivity contribution < 1.29 is 14.6 Å². The van der Waals surface area contributed by atoms with E-state index in [4.69, 9.17) is 4.74 Å². The second-order valence-electron chi connectivity index (χ2n) is 7.10. The van der Waals surface area contributed by atoms with Gasteiger partial charge in [-0.05, 0) is 66.8 Å². The van der Waals surface area contributed by atoms with E-state index in [1.165, 1.54) is 15.6 Å². The van der Waals surface area contributed by atoms with Crippen molar-refractivity contribution in [1.82, 2.24) is 4.57 Å². The highest BCUT2D eigenvalue weighted by molar-refractivity contribution is 9.10. The number of fused-ring (bicyclic) bond motifs is 2. The first-order chi connectivity index (χ1) is 13.4. The Labute approximate surface area is 175 Å². The topological polar surface area (TPSA) is 51.5 Å². The molecule has 0 aliphatic rings. The molecule has 0 spiro atoms. The van der Waals surface area contributed by atoms with Gasteiger partial charge in [0.25, 0.3) is 0 Å². The van der Waals surface area contributed by atoms with Gasteiger partial charge in [-0.25, -0.2) is 0 Å². The summed E-state index contributed by atoms with van der Waals surface area (Å²) in [7, 11) is 0. The Morgan fingerprint density at radius 2 is 2.00 bits per heavy atom. The molecule has 2 aromatic carbocycles. The molecule has 28 heavy (non-hydrogen) atoms. The number of hydrogen-bond donors (Lipinski definition) is 1. The van der Waals surface area contributed by atoms with Crippen molar-refractivity contribution in [1.29, 1.82) is 0 Å². The lowest BCUT2D eigenvalue weighted by molar-refractivity contribution is -0.136. The van der Waals surface area contributed by atoms with Crippen LogP contribution in [0.3, 0.4) is 0 Å². The lowest BCUT2D eigenvalue weighted by Crippen LogP contribution is -2.05. The fourth-order valence-electron chi connectivity index (χ4n) is 3.49. The third kappa shape index (κ3) is 3.80. The second-order valence-corrected chi connectivity index (χ2v) is 8.93. The molecule has 0 bridgehead atoms. The molecule has 0 fully saturated rings. The quantitative estimate of drug-likeness (QED) is 0.381. The Balaban J connectivity index is 1.76. The van der Waals surface area contributed by atoms with Crippen molar-refractivity contribution in [2.75, 3.05) is 0 Å². The zero-order chi connectivity index (χ0) is 19.8. The maximum absolute atomic E-state index is 11.3. The lowest BCUT2D eigenvalue weighted by Gasteiger charge is -2.10. The van der Waals surface area contributed by atoms with Crippen LogP contribution in [0, 0.1) is 0 Å². The number of carboxylic acid groups (broad SMARTS) is 1. The summed E-state index contributed by atoms with van der Waals surface area (Å²) in [5, 5.41) is 13.6. The molecule has 1 N–H and O–H groups in total. The average Bonchev–Trinajstić information content (AvgIpc) is 3.16. The molecule has 0 amide bonds. The summed E-state index contributed by atoms with van der Waals surface area (Å²) in [5.41, 5.74) is 3.07. The SMILES string of the molecule is CC(C)Oc1ccc2scc(Cn3cc(CC(=O)O)c4cc(Br)ccc43)c2c1. The summed E-state index contributed by atoms with van der Waals surface area (Å²) in [6.07, 6.45) is 2.10. The number of thiophene rings is 1. The van der Waals surface area contributed by atoms with E-state index in [0.29, 0.717) is 6.54 Å². The van der Waals surface area contributed by atoms with E-state index < -0.39 is 5.97 Å². The van der Waals surface area contributed by atoms with Crippen LogP contribution in [-0.4, -0.2) is 21.7 Å². The van der Waals surface area contributed by atoms with Gasteiger partial charge in [0.2, 0.25) is 0 Å². The predicted molar refractivity (Wildman–Crippen MR) is 118 cm³/mol. The molecule has 2 aromatic heterocycles. The number of hydrogen-bond acceptors (Lipinski definition) is 3. The standard InChI is InChI=1S/C22H20BrNO3S/c1-13(2)27-17-4-6-21-19(9-17)15(12-28-21)11-24-10-14(7-22(25)26)18-8-16(23)3-5-20(18)24/h3-6,8-10,12-13H,7,11H2,1-2H3,(H,25,26). The predicted octanol–water partition coefficient (Wildman–Crippen LogP) is 6.08. The zero-order valence-corrected chi connectivity index (χ0v) is 18.0. The minimum atomic E-state index is -0.824. The van der Waals surface area contributed by atoms with Gasteiger partial charge in [-0.2, -0.15) is 0 Å². The Kier molecular flexibility index (Phi) is 5.17. The molecular formula is C22H20BrNO3S. The Bertz CT molecular complexity index is 1180. The minimum absolute atomic E-state index is 0.0106. The lowest BCUT2D eigenvalue weighted by atomic mass is 10.1. The van der Waals surface area contributed by atoms with E-state index in [0.717, 1.165) is 26.7 Å². The summed E-state index contributed by atoms with van der Waals surface area (Å²) in [5.74, 6) is 0.0468. The molecule has 4 nitrogen and oxygen atoms in total. The molecule has 0 saturated heterocycles. The first-order valence-corrected chi connectivity index (χ1v) is 10.7. The van der Waals surface area contributed by atoms with Crippen LogP contribution in [0.2, 0.25) is 0 Å². The number of aliphatic carboxylic acids is 1. The van der Waals surface area contributed by atoms with E-state index in [-0.39, 0.29) is 12.5 Å². The number of benzene rings is 2. The maximum Gasteiger partial charge on any atom is 0.307 e. The van der Waals surface area contributed by atoms with Crippen LogP contribution in [0.5, 0.6) is 5.75 Å². The number of rotatable bonds is 6. The number of carbonyl (C=O) groups is 1.